The SMILES string of the molecule is Cc1ccc(Cl)c(OCC(=O)N2CCC(O)CC2)c1. The summed E-state index contributed by atoms with van der Waals surface area (Å²) in [7, 11) is 0. The number of aliphatic hydroxyl groups excluding tert-OH is 1. The highest BCUT2D eigenvalue weighted by Crippen LogP contribution is 2.25. The smallest absolute Gasteiger partial charge is 0.260 e. The normalized spacial score (nSPS) is 16.5. The molecule has 2 rings (SSSR count). The number of rotatable bonds is 3. The summed E-state index contributed by atoms with van der Waals surface area (Å²) in [5.74, 6) is 0.469. The molecule has 1 aliphatic heterocycles. The van der Waals surface area contributed by atoms with Crippen LogP contribution in [-0.2, 0) is 4.79 Å². The molecule has 1 N–H and O–H groups in total. The molecular weight excluding hydrogens is 266 g/mol. The standard InChI is InChI=1S/C14H18ClNO3/c1-10-2-3-12(15)13(8-10)19-9-14(18)16-6-4-11(17)5-7-16/h2-3,8,11,17H,4-7,9H2,1H3. The van der Waals surface area contributed by atoms with Crippen LogP contribution in [0.3, 0.4) is 0 Å². The number of piperidine rings is 1. The van der Waals surface area contributed by atoms with Crippen LogP contribution in [-0.4, -0.2) is 41.7 Å². The molecule has 0 radical (unpaired) electrons. The average molecular weight is 284 g/mol. The molecule has 1 aromatic rings. The Morgan fingerprint density at radius 3 is 2.84 bits per heavy atom. The van der Waals surface area contributed by atoms with Gasteiger partial charge in [0, 0.05) is 13.1 Å². The molecule has 5 heteroatoms. The molecule has 0 aliphatic carbocycles. The van der Waals surface area contributed by atoms with E-state index in [0.717, 1.165) is 5.56 Å². The number of hydrogen-bond donors (Lipinski definition) is 1. The van der Waals surface area contributed by atoms with Crippen LogP contribution in [0.1, 0.15) is 18.4 Å². The summed E-state index contributed by atoms with van der Waals surface area (Å²) >= 11 is 6.00. The van der Waals surface area contributed by atoms with Gasteiger partial charge in [0.05, 0.1) is 11.1 Å². The van der Waals surface area contributed by atoms with Gasteiger partial charge < -0.3 is 14.7 Å². The van der Waals surface area contributed by atoms with E-state index < -0.39 is 0 Å². The highest BCUT2D eigenvalue weighted by Gasteiger charge is 2.21. The van der Waals surface area contributed by atoms with E-state index in [9.17, 15) is 9.90 Å². The maximum absolute atomic E-state index is 12.0. The molecule has 0 aromatic heterocycles. The number of halogens is 1. The van der Waals surface area contributed by atoms with Crippen molar-refractivity contribution in [1.29, 1.82) is 0 Å². The van der Waals surface area contributed by atoms with Crippen molar-refractivity contribution in [2.75, 3.05) is 19.7 Å². The van der Waals surface area contributed by atoms with Gasteiger partial charge in [0.1, 0.15) is 5.75 Å². The molecule has 1 aromatic carbocycles. The fraction of sp³-hybridized carbons (Fsp3) is 0.500. The van der Waals surface area contributed by atoms with Gasteiger partial charge in [0.2, 0.25) is 0 Å². The van der Waals surface area contributed by atoms with Crippen LogP contribution in [0.2, 0.25) is 5.02 Å². The van der Waals surface area contributed by atoms with Crippen LogP contribution in [0.5, 0.6) is 5.75 Å². The minimum absolute atomic E-state index is 0.0146. The van der Waals surface area contributed by atoms with E-state index in [4.69, 9.17) is 16.3 Å². The number of ether oxygens (including phenoxy) is 1. The Morgan fingerprint density at radius 1 is 1.47 bits per heavy atom. The molecule has 0 bridgehead atoms. The highest BCUT2D eigenvalue weighted by molar-refractivity contribution is 6.32. The Hall–Kier alpha value is -1.26. The van der Waals surface area contributed by atoms with E-state index in [1.807, 2.05) is 19.1 Å². The lowest BCUT2D eigenvalue weighted by molar-refractivity contribution is -0.135. The minimum Gasteiger partial charge on any atom is -0.482 e. The monoisotopic (exact) mass is 283 g/mol. The molecule has 0 atom stereocenters. The summed E-state index contributed by atoms with van der Waals surface area (Å²) < 4.78 is 5.47. The number of amides is 1. The summed E-state index contributed by atoms with van der Waals surface area (Å²) in [6.45, 7) is 3.10. The Bertz CT molecular complexity index is 456. The van der Waals surface area contributed by atoms with Gasteiger partial charge in [0.15, 0.2) is 6.61 Å². The van der Waals surface area contributed by atoms with Gasteiger partial charge in [0.25, 0.3) is 5.91 Å². The maximum atomic E-state index is 12.0. The van der Waals surface area contributed by atoms with Crippen LogP contribution in [0.4, 0.5) is 0 Å². The number of aliphatic hydroxyl groups is 1. The van der Waals surface area contributed by atoms with Gasteiger partial charge in [-0.15, -0.1) is 0 Å². The summed E-state index contributed by atoms with van der Waals surface area (Å²) in [5, 5.41) is 9.90. The van der Waals surface area contributed by atoms with E-state index in [2.05, 4.69) is 0 Å². The van der Waals surface area contributed by atoms with Crippen LogP contribution < -0.4 is 4.74 Å². The van der Waals surface area contributed by atoms with Gasteiger partial charge in [-0.3, -0.25) is 4.79 Å². The minimum atomic E-state index is -0.281. The largest absolute Gasteiger partial charge is 0.482 e. The summed E-state index contributed by atoms with van der Waals surface area (Å²) in [4.78, 5) is 13.7. The summed E-state index contributed by atoms with van der Waals surface area (Å²) in [5.41, 5.74) is 1.04. The molecule has 1 aliphatic rings. The van der Waals surface area contributed by atoms with Gasteiger partial charge in [-0.25, -0.2) is 0 Å². The van der Waals surface area contributed by atoms with Crippen molar-refractivity contribution >= 4 is 17.5 Å². The Balaban J connectivity index is 1.88. The van der Waals surface area contributed by atoms with E-state index >= 15 is 0 Å². The average Bonchev–Trinajstić information content (AvgIpc) is 2.40. The zero-order valence-electron chi connectivity index (χ0n) is 10.9. The molecule has 0 spiro atoms. The molecule has 104 valence electrons. The zero-order valence-corrected chi connectivity index (χ0v) is 11.7. The third kappa shape index (κ3) is 3.85. The van der Waals surface area contributed by atoms with Crippen molar-refractivity contribution in [3.8, 4) is 5.75 Å². The number of likely N-dealkylation sites (tertiary alicyclic amines) is 1. The fourth-order valence-electron chi connectivity index (χ4n) is 2.07. The Labute approximate surface area is 117 Å². The predicted molar refractivity (Wildman–Crippen MR) is 73.5 cm³/mol. The number of benzene rings is 1. The third-order valence-corrected chi connectivity index (χ3v) is 3.57. The molecule has 19 heavy (non-hydrogen) atoms. The number of carbonyl (C=O) groups is 1. The molecule has 1 saturated heterocycles. The zero-order chi connectivity index (χ0) is 13.8. The molecule has 0 unspecified atom stereocenters. The first-order chi connectivity index (χ1) is 9.06. The van der Waals surface area contributed by atoms with Crippen molar-refractivity contribution < 1.29 is 14.6 Å². The lowest BCUT2D eigenvalue weighted by atomic mass is 10.1. The predicted octanol–water partition coefficient (Wildman–Crippen LogP) is 2.01. The summed E-state index contributed by atoms with van der Waals surface area (Å²) in [6.07, 6.45) is 0.990. The quantitative estimate of drug-likeness (QED) is 0.923. The first-order valence-electron chi connectivity index (χ1n) is 6.41. The Kier molecular flexibility index (Phi) is 4.66. The Morgan fingerprint density at radius 2 is 2.16 bits per heavy atom. The van der Waals surface area contributed by atoms with Crippen molar-refractivity contribution in [1.82, 2.24) is 4.90 Å². The second-order valence-electron chi connectivity index (χ2n) is 4.83. The number of nitrogens with zero attached hydrogens (tertiary/aromatic N) is 1. The topological polar surface area (TPSA) is 49.8 Å². The van der Waals surface area contributed by atoms with Crippen LogP contribution in [0.25, 0.3) is 0 Å². The first-order valence-corrected chi connectivity index (χ1v) is 6.79. The molecule has 1 amide bonds. The fourth-order valence-corrected chi connectivity index (χ4v) is 2.24. The van der Waals surface area contributed by atoms with E-state index in [0.29, 0.717) is 36.7 Å². The third-order valence-electron chi connectivity index (χ3n) is 3.26. The molecule has 0 saturated carbocycles. The van der Waals surface area contributed by atoms with Crippen molar-refractivity contribution in [2.45, 2.75) is 25.9 Å². The molecule has 1 fully saturated rings. The van der Waals surface area contributed by atoms with Crippen LogP contribution in [0, 0.1) is 6.92 Å². The van der Waals surface area contributed by atoms with Gasteiger partial charge >= 0.3 is 0 Å². The van der Waals surface area contributed by atoms with Crippen molar-refractivity contribution in [3.05, 3.63) is 28.8 Å². The number of hydrogen-bond acceptors (Lipinski definition) is 3. The number of aryl methyl sites for hydroxylation is 1. The lowest BCUT2D eigenvalue weighted by Gasteiger charge is -2.29. The van der Waals surface area contributed by atoms with E-state index in [1.54, 1.807) is 11.0 Å². The van der Waals surface area contributed by atoms with Crippen molar-refractivity contribution in [3.63, 3.8) is 0 Å². The summed E-state index contributed by atoms with van der Waals surface area (Å²) in [6, 6.07) is 5.46. The van der Waals surface area contributed by atoms with E-state index in [-0.39, 0.29) is 18.6 Å². The van der Waals surface area contributed by atoms with Crippen LogP contribution >= 0.6 is 11.6 Å². The second-order valence-corrected chi connectivity index (χ2v) is 5.24. The van der Waals surface area contributed by atoms with E-state index in [1.165, 1.54) is 0 Å². The number of carbonyl (C=O) groups excluding carboxylic acids is 1. The van der Waals surface area contributed by atoms with Gasteiger partial charge in [-0.1, -0.05) is 17.7 Å². The second kappa shape index (κ2) is 6.26. The van der Waals surface area contributed by atoms with Gasteiger partial charge in [-0.05, 0) is 37.5 Å². The lowest BCUT2D eigenvalue weighted by Crippen LogP contribution is -2.42. The highest BCUT2D eigenvalue weighted by atomic mass is 35.5. The molecule has 1 heterocycles. The van der Waals surface area contributed by atoms with Crippen molar-refractivity contribution in [2.24, 2.45) is 0 Å². The molecule has 4 nitrogen and oxygen atoms in total. The van der Waals surface area contributed by atoms with Crippen LogP contribution in [0.15, 0.2) is 18.2 Å². The molecular formula is C14H18ClNO3. The maximum Gasteiger partial charge on any atom is 0.260 e. The first kappa shape index (κ1) is 14.2. The van der Waals surface area contributed by atoms with Gasteiger partial charge in [-0.2, -0.15) is 0 Å².